The Morgan fingerprint density at radius 1 is 0.810 bits per heavy atom. The molecule has 0 saturated carbocycles. The minimum Gasteiger partial charge on any atom is -0.875 e. The van der Waals surface area contributed by atoms with Gasteiger partial charge in [-0.2, -0.15) is 0 Å². The van der Waals surface area contributed by atoms with Crippen LogP contribution in [0.25, 0.3) is 0 Å². The minimum atomic E-state index is -0.161. The molecule has 0 N–H and O–H groups in total. The molecule has 0 rings (SSSR count). The largest absolute Gasteiger partial charge is 2.00 e. The summed E-state index contributed by atoms with van der Waals surface area (Å²) < 4.78 is 0. The molecule has 0 heterocycles. The SMILES string of the molecule is CC(=O)/C=C(\[O-])CC(C)C.CC(=O)/C=C(\[O-])CC(C)C.[Zn+2]. The van der Waals surface area contributed by atoms with Crippen LogP contribution in [0.5, 0.6) is 0 Å². The maximum atomic E-state index is 10.8. The molecular formula is C16H26O4Zn. The first-order valence-electron chi connectivity index (χ1n) is 6.80. The molecule has 0 aromatic heterocycles. The Labute approximate surface area is 141 Å². The number of allylic oxidation sites excluding steroid dienone is 4. The first-order chi connectivity index (χ1) is 9.04. The minimum absolute atomic E-state index is 0. The summed E-state index contributed by atoms with van der Waals surface area (Å²) in [4.78, 5) is 20.7. The van der Waals surface area contributed by atoms with Crippen LogP contribution in [-0.4, -0.2) is 11.6 Å². The number of hydrogen-bond acceptors (Lipinski definition) is 4. The molecule has 0 amide bonds. The Bertz CT molecular complexity index is 332. The van der Waals surface area contributed by atoms with Crippen LogP contribution in [0.3, 0.4) is 0 Å². The molecule has 0 aliphatic rings. The van der Waals surface area contributed by atoms with E-state index in [4.69, 9.17) is 0 Å². The topological polar surface area (TPSA) is 80.3 Å². The molecule has 0 saturated heterocycles. The van der Waals surface area contributed by atoms with Crippen LogP contribution in [0.2, 0.25) is 0 Å². The van der Waals surface area contributed by atoms with Gasteiger partial charge in [-0.1, -0.05) is 27.7 Å². The van der Waals surface area contributed by atoms with E-state index in [1.807, 2.05) is 27.7 Å². The zero-order valence-corrected chi connectivity index (χ0v) is 17.0. The maximum Gasteiger partial charge on any atom is 2.00 e. The summed E-state index contributed by atoms with van der Waals surface area (Å²) >= 11 is 0. The van der Waals surface area contributed by atoms with Crippen LogP contribution in [0.4, 0.5) is 0 Å². The van der Waals surface area contributed by atoms with Gasteiger partial charge < -0.3 is 10.2 Å². The second-order valence-electron chi connectivity index (χ2n) is 5.64. The van der Waals surface area contributed by atoms with Gasteiger partial charge in [0.05, 0.1) is 0 Å². The van der Waals surface area contributed by atoms with E-state index in [1.54, 1.807) is 0 Å². The van der Waals surface area contributed by atoms with Gasteiger partial charge in [0.25, 0.3) is 0 Å². The molecule has 0 unspecified atom stereocenters. The molecule has 21 heavy (non-hydrogen) atoms. The van der Waals surface area contributed by atoms with Crippen molar-refractivity contribution in [3.8, 4) is 0 Å². The normalized spacial score (nSPS) is 11.6. The van der Waals surface area contributed by atoms with Crippen LogP contribution in [0.15, 0.2) is 23.7 Å². The first-order valence-corrected chi connectivity index (χ1v) is 6.80. The van der Waals surface area contributed by atoms with Crippen LogP contribution in [0.1, 0.15) is 54.4 Å². The Morgan fingerprint density at radius 2 is 1.05 bits per heavy atom. The zero-order chi connectivity index (χ0) is 16.3. The van der Waals surface area contributed by atoms with Gasteiger partial charge >= 0.3 is 19.5 Å². The Hall–Kier alpha value is -0.957. The molecule has 4 nitrogen and oxygen atoms in total. The van der Waals surface area contributed by atoms with Gasteiger partial charge in [0, 0.05) is 0 Å². The predicted octanol–water partition coefficient (Wildman–Crippen LogP) is 1.73. The Kier molecular flexibility index (Phi) is 16.7. The van der Waals surface area contributed by atoms with Crippen molar-refractivity contribution < 1.29 is 39.3 Å². The molecule has 0 atom stereocenters. The van der Waals surface area contributed by atoms with Gasteiger partial charge in [0.1, 0.15) is 0 Å². The van der Waals surface area contributed by atoms with E-state index in [0.717, 1.165) is 12.2 Å². The van der Waals surface area contributed by atoms with Gasteiger partial charge in [-0.3, -0.25) is 9.59 Å². The van der Waals surface area contributed by atoms with Gasteiger partial charge in [-0.25, -0.2) is 0 Å². The first kappa shape index (κ1) is 25.0. The van der Waals surface area contributed by atoms with Crippen LogP contribution in [0, 0.1) is 11.8 Å². The van der Waals surface area contributed by atoms with E-state index in [-0.39, 0.29) is 42.6 Å². The molecule has 0 fully saturated rings. The van der Waals surface area contributed by atoms with E-state index in [9.17, 15) is 19.8 Å². The quantitative estimate of drug-likeness (QED) is 0.416. The second-order valence-corrected chi connectivity index (χ2v) is 5.64. The van der Waals surface area contributed by atoms with Crippen LogP contribution < -0.4 is 10.2 Å². The van der Waals surface area contributed by atoms with Gasteiger partial charge in [-0.05, 0) is 50.7 Å². The number of ketones is 2. The zero-order valence-electron chi connectivity index (χ0n) is 14.1. The van der Waals surface area contributed by atoms with Crippen molar-refractivity contribution in [3.63, 3.8) is 0 Å². The third-order valence-electron chi connectivity index (χ3n) is 1.95. The van der Waals surface area contributed by atoms with E-state index in [0.29, 0.717) is 24.7 Å². The molecule has 0 radical (unpaired) electrons. The molecule has 0 bridgehead atoms. The fourth-order valence-electron chi connectivity index (χ4n) is 1.38. The maximum absolute atomic E-state index is 10.8. The summed E-state index contributed by atoms with van der Waals surface area (Å²) in [6, 6.07) is 0. The van der Waals surface area contributed by atoms with Crippen molar-refractivity contribution in [1.82, 2.24) is 0 Å². The van der Waals surface area contributed by atoms with Crippen molar-refractivity contribution in [3.05, 3.63) is 23.7 Å². The van der Waals surface area contributed by atoms with Crippen molar-refractivity contribution in [2.45, 2.75) is 54.4 Å². The number of carbonyl (C=O) groups excluding carboxylic acids is 2. The van der Waals surface area contributed by atoms with Crippen LogP contribution in [-0.2, 0) is 29.1 Å². The molecule has 0 aromatic carbocycles. The third kappa shape index (κ3) is 24.4. The third-order valence-corrected chi connectivity index (χ3v) is 1.95. The predicted molar refractivity (Wildman–Crippen MR) is 76.4 cm³/mol. The van der Waals surface area contributed by atoms with E-state index < -0.39 is 0 Å². The smallest absolute Gasteiger partial charge is 0.875 e. The molecule has 0 aliphatic carbocycles. The van der Waals surface area contributed by atoms with E-state index in [1.165, 1.54) is 13.8 Å². The van der Waals surface area contributed by atoms with Crippen molar-refractivity contribution in [1.29, 1.82) is 0 Å². The average molecular weight is 348 g/mol. The van der Waals surface area contributed by atoms with E-state index in [2.05, 4.69) is 0 Å². The van der Waals surface area contributed by atoms with Crippen molar-refractivity contribution in [2.24, 2.45) is 11.8 Å². The fourth-order valence-corrected chi connectivity index (χ4v) is 1.38. The summed E-state index contributed by atoms with van der Waals surface area (Å²) in [5.74, 6) is 0.215. The fraction of sp³-hybridized carbons (Fsp3) is 0.625. The summed E-state index contributed by atoms with van der Waals surface area (Å²) in [6.45, 7) is 10.6. The van der Waals surface area contributed by atoms with Gasteiger partial charge in [0.2, 0.25) is 0 Å². The van der Waals surface area contributed by atoms with Crippen molar-refractivity contribution in [2.75, 3.05) is 0 Å². The molecule has 116 valence electrons. The summed E-state index contributed by atoms with van der Waals surface area (Å²) in [5.41, 5.74) is 0. The van der Waals surface area contributed by atoms with Gasteiger partial charge in [-0.15, -0.1) is 11.5 Å². The summed E-state index contributed by atoms with van der Waals surface area (Å²) in [5, 5.41) is 21.6. The Morgan fingerprint density at radius 3 is 1.19 bits per heavy atom. The summed E-state index contributed by atoms with van der Waals surface area (Å²) in [7, 11) is 0. The second kappa shape index (κ2) is 14.0. The average Bonchev–Trinajstić information content (AvgIpc) is 2.11. The Balaban J connectivity index is -0.000000295. The van der Waals surface area contributed by atoms with E-state index >= 15 is 0 Å². The number of hydrogen-bond donors (Lipinski definition) is 0. The molecule has 0 aromatic rings. The van der Waals surface area contributed by atoms with Gasteiger partial charge in [0.15, 0.2) is 11.6 Å². The molecular weight excluding hydrogens is 322 g/mol. The summed E-state index contributed by atoms with van der Waals surface area (Å²) in [6.07, 6.45) is 3.25. The standard InChI is InChI=1S/2C8H14O2.Zn/c2*1-6(2)4-8(10)5-7(3)9;/h2*5-6,10H,4H2,1-3H3;/q;;+2/p-2/b2*8-5-;. The number of rotatable bonds is 6. The van der Waals surface area contributed by atoms with Crippen LogP contribution >= 0.6 is 0 Å². The van der Waals surface area contributed by atoms with Crippen molar-refractivity contribution >= 4 is 11.6 Å². The number of carbonyl (C=O) groups is 2. The molecule has 0 aliphatic heterocycles. The monoisotopic (exact) mass is 346 g/mol. The molecule has 5 heteroatoms. The molecule has 0 spiro atoms.